The Morgan fingerprint density at radius 2 is 1.30 bits per heavy atom. The Kier molecular flexibility index (Phi) is 6.14. The zero-order valence-electron chi connectivity index (χ0n) is 18.6. The third-order valence-corrected chi connectivity index (χ3v) is 8.56. The first-order chi connectivity index (χ1) is 16.1. The second-order valence-electron chi connectivity index (χ2n) is 8.55. The van der Waals surface area contributed by atoms with Crippen molar-refractivity contribution in [1.82, 2.24) is 4.48 Å². The predicted octanol–water partition coefficient (Wildman–Crippen LogP) is 4.55. The van der Waals surface area contributed by atoms with Crippen molar-refractivity contribution in [3.63, 3.8) is 0 Å². The van der Waals surface area contributed by atoms with Crippen LogP contribution in [0.4, 0.5) is 5.69 Å². The fourth-order valence-corrected chi connectivity index (χ4v) is 6.93. The molecular weight excluding hydrogens is 434 g/mol. The summed E-state index contributed by atoms with van der Waals surface area (Å²) < 4.78 is 25.8. The number of para-hydroxylation sites is 1. The zero-order valence-corrected chi connectivity index (χ0v) is 19.6. The Bertz CT molecular complexity index is 1030. The molecule has 2 bridgehead atoms. The van der Waals surface area contributed by atoms with Crippen LogP contribution in [-0.4, -0.2) is 41.3 Å². The van der Waals surface area contributed by atoms with E-state index in [1.165, 1.54) is 12.6 Å². The van der Waals surface area contributed by atoms with E-state index in [0.717, 1.165) is 17.7 Å². The van der Waals surface area contributed by atoms with E-state index in [0.29, 0.717) is 24.2 Å². The van der Waals surface area contributed by atoms with Crippen LogP contribution in [0.1, 0.15) is 30.3 Å². The van der Waals surface area contributed by atoms with Crippen LogP contribution in [0, 0.1) is 0 Å². The van der Waals surface area contributed by atoms with Crippen LogP contribution in [0.25, 0.3) is 0 Å². The van der Waals surface area contributed by atoms with E-state index in [-0.39, 0.29) is 12.2 Å². The summed E-state index contributed by atoms with van der Waals surface area (Å²) in [6.45, 7) is 3.83. The van der Waals surface area contributed by atoms with Gasteiger partial charge < -0.3 is 17.7 Å². The molecule has 6 rings (SSSR count). The molecule has 0 aromatic heterocycles. The van der Waals surface area contributed by atoms with E-state index in [1.807, 2.05) is 66.7 Å². The lowest BCUT2D eigenvalue weighted by atomic mass is 10.0. The normalized spacial score (nSPS) is 29.5. The Hall–Kier alpha value is -2.81. The Morgan fingerprint density at radius 1 is 0.818 bits per heavy atom. The highest BCUT2D eigenvalue weighted by Crippen LogP contribution is 2.41. The highest BCUT2D eigenvalue weighted by Gasteiger charge is 2.59. The quantitative estimate of drug-likeness (QED) is 0.421. The average Bonchev–Trinajstić information content (AvgIpc) is 2.81. The lowest BCUT2D eigenvalue weighted by molar-refractivity contribution is -0.154. The maximum Gasteiger partial charge on any atom is 0.753 e. The summed E-state index contributed by atoms with van der Waals surface area (Å²) in [7, 11) is -3.78. The molecular formula is C26H28NO5Si+. The number of rotatable bonds is 4. The Labute approximate surface area is 195 Å². The molecule has 33 heavy (non-hydrogen) atoms. The largest absolute Gasteiger partial charge is 0.753 e. The number of hydrogen-bond donors (Lipinski definition) is 0. The lowest BCUT2D eigenvalue weighted by Crippen LogP contribution is -2.66. The minimum atomic E-state index is -3.78. The highest BCUT2D eigenvalue weighted by atomic mass is 28.4. The van der Waals surface area contributed by atoms with E-state index in [4.69, 9.17) is 17.7 Å². The van der Waals surface area contributed by atoms with Gasteiger partial charge in [0.05, 0.1) is 6.61 Å². The zero-order chi connectivity index (χ0) is 22.7. The van der Waals surface area contributed by atoms with Gasteiger partial charge in [-0.25, -0.2) is 0 Å². The van der Waals surface area contributed by atoms with Crippen LogP contribution in [0.5, 0.6) is 0 Å². The van der Waals surface area contributed by atoms with E-state index in [9.17, 15) is 4.79 Å². The Morgan fingerprint density at radius 3 is 1.79 bits per heavy atom. The van der Waals surface area contributed by atoms with Gasteiger partial charge in [-0.05, 0) is 23.3 Å². The van der Waals surface area contributed by atoms with Gasteiger partial charge in [0.2, 0.25) is 0 Å². The molecule has 3 heterocycles. The number of hydrogen-bond acceptors (Lipinski definition) is 5. The summed E-state index contributed by atoms with van der Waals surface area (Å²) in [5.74, 6) is -0.467. The monoisotopic (exact) mass is 462 g/mol. The molecule has 2 unspecified atom stereocenters. The van der Waals surface area contributed by atoms with Crippen molar-refractivity contribution in [2.75, 3.05) is 26.2 Å². The predicted molar refractivity (Wildman–Crippen MR) is 127 cm³/mol. The van der Waals surface area contributed by atoms with E-state index < -0.39 is 15.0 Å². The molecule has 2 atom stereocenters. The standard InChI is InChI=1S/C26H28NO5Si/c1-21(28)30-33-29-18-17-27(24-15-9-4-10-16-24,19-25(31-33)22-11-5-2-6-12-22)20-26(32-33)23-13-7-3-8-14-23/h2-16,25-26H,17-20H2,1H3/q+1. The second-order valence-corrected chi connectivity index (χ2v) is 10.5. The topological polar surface area (TPSA) is 54.0 Å². The summed E-state index contributed by atoms with van der Waals surface area (Å²) in [6, 6.07) is 30.5. The molecule has 3 aromatic rings. The van der Waals surface area contributed by atoms with E-state index in [2.05, 4.69) is 24.3 Å². The first-order valence-electron chi connectivity index (χ1n) is 11.3. The lowest BCUT2D eigenvalue weighted by Gasteiger charge is -2.48. The van der Waals surface area contributed by atoms with Crippen LogP contribution < -0.4 is 4.48 Å². The van der Waals surface area contributed by atoms with Gasteiger partial charge in [0.25, 0.3) is 5.97 Å². The van der Waals surface area contributed by atoms with Crippen LogP contribution in [0.2, 0.25) is 0 Å². The van der Waals surface area contributed by atoms with Gasteiger partial charge in [0.15, 0.2) is 0 Å². The van der Waals surface area contributed by atoms with Crippen molar-refractivity contribution in [3.05, 3.63) is 102 Å². The van der Waals surface area contributed by atoms with Crippen LogP contribution >= 0.6 is 0 Å². The molecule has 0 N–H and O–H groups in total. The average molecular weight is 463 g/mol. The number of carbonyl (C=O) groups excluding carboxylic acids is 1. The maximum atomic E-state index is 12.1. The molecule has 3 fully saturated rings. The van der Waals surface area contributed by atoms with Crippen LogP contribution in [-0.2, 0) is 22.5 Å². The van der Waals surface area contributed by atoms with Gasteiger partial charge in [-0.3, -0.25) is 9.28 Å². The maximum absolute atomic E-state index is 12.1. The summed E-state index contributed by atoms with van der Waals surface area (Å²) >= 11 is 0. The van der Waals surface area contributed by atoms with Crippen molar-refractivity contribution in [2.24, 2.45) is 0 Å². The summed E-state index contributed by atoms with van der Waals surface area (Å²) in [4.78, 5) is 12.1. The summed E-state index contributed by atoms with van der Waals surface area (Å²) in [5, 5.41) is 0. The molecule has 0 spiro atoms. The molecule has 6 nitrogen and oxygen atoms in total. The highest BCUT2D eigenvalue weighted by molar-refractivity contribution is 6.55. The molecule has 3 saturated heterocycles. The first kappa shape index (κ1) is 22.0. The molecule has 170 valence electrons. The van der Waals surface area contributed by atoms with Crippen molar-refractivity contribution in [1.29, 1.82) is 0 Å². The molecule has 3 aliphatic rings. The molecule has 7 heteroatoms. The molecule has 3 aromatic carbocycles. The van der Waals surface area contributed by atoms with Crippen molar-refractivity contribution >= 4 is 20.7 Å². The van der Waals surface area contributed by atoms with Gasteiger partial charge in [0.1, 0.15) is 37.5 Å². The SMILES string of the molecule is CC(=O)O[Si]12OCC[N+](c3ccccc3)(CC(c3ccccc3)O1)CC(c1ccccc1)O2. The van der Waals surface area contributed by atoms with Crippen LogP contribution in [0.3, 0.4) is 0 Å². The number of fused-ring (bicyclic) bond motifs is 6. The fourth-order valence-electron chi connectivity index (χ4n) is 4.78. The number of benzene rings is 3. The van der Waals surface area contributed by atoms with Crippen molar-refractivity contribution in [2.45, 2.75) is 19.1 Å². The van der Waals surface area contributed by atoms with Gasteiger partial charge in [0, 0.05) is 6.92 Å². The van der Waals surface area contributed by atoms with Crippen molar-refractivity contribution in [3.8, 4) is 0 Å². The van der Waals surface area contributed by atoms with E-state index in [1.54, 1.807) is 0 Å². The number of quaternary nitrogens is 1. The summed E-state index contributed by atoms with van der Waals surface area (Å²) in [5.41, 5.74) is 3.19. The molecule has 0 aliphatic carbocycles. The number of nitrogens with zero attached hydrogens (tertiary/aromatic N) is 1. The molecule has 0 amide bonds. The number of carbonyl (C=O) groups is 1. The molecule has 0 saturated carbocycles. The molecule has 3 aliphatic heterocycles. The minimum Gasteiger partial charge on any atom is -0.452 e. The van der Waals surface area contributed by atoms with Crippen molar-refractivity contribution < 1.29 is 22.5 Å². The third kappa shape index (κ3) is 4.64. The fraction of sp³-hybridized carbons (Fsp3) is 0.269. The van der Waals surface area contributed by atoms with E-state index >= 15 is 0 Å². The van der Waals surface area contributed by atoms with Gasteiger partial charge in [-0.2, -0.15) is 0 Å². The Balaban J connectivity index is 1.65. The summed E-state index contributed by atoms with van der Waals surface area (Å²) in [6.07, 6.45) is -0.705. The van der Waals surface area contributed by atoms with Gasteiger partial charge >= 0.3 is 9.05 Å². The second kappa shape index (κ2) is 9.21. The van der Waals surface area contributed by atoms with Crippen LogP contribution in [0.15, 0.2) is 91.0 Å². The van der Waals surface area contributed by atoms with Gasteiger partial charge in [-0.15, -0.1) is 0 Å². The molecule has 0 radical (unpaired) electrons. The third-order valence-electron chi connectivity index (χ3n) is 6.32. The minimum absolute atomic E-state index is 0.352. The smallest absolute Gasteiger partial charge is 0.452 e. The van der Waals surface area contributed by atoms with Gasteiger partial charge in [-0.1, -0.05) is 78.9 Å². The first-order valence-corrected chi connectivity index (χ1v) is 12.9.